The topological polar surface area (TPSA) is 336 Å². The van der Waals surface area contributed by atoms with Gasteiger partial charge >= 0.3 is 0 Å². The Bertz CT molecular complexity index is 4990. The molecule has 3 saturated heterocycles. The zero-order valence-electron chi connectivity index (χ0n) is 55.1. The fraction of sp³-hybridized carbons (Fsp3) is 0.208. The fourth-order valence-electron chi connectivity index (χ4n) is 12.6. The average Bonchev–Trinajstić information content (AvgIpc) is 1.62. The van der Waals surface area contributed by atoms with E-state index >= 15 is 13.2 Å². The van der Waals surface area contributed by atoms with Crippen LogP contribution < -0.4 is 31.4 Å². The molecule has 0 bridgehead atoms. The van der Waals surface area contributed by atoms with E-state index in [1.165, 1.54) is 67.5 Å². The first-order valence-corrected chi connectivity index (χ1v) is 32.6. The van der Waals surface area contributed by atoms with Gasteiger partial charge in [0, 0.05) is 57.5 Å². The number of amides is 3. The van der Waals surface area contributed by atoms with Crippen LogP contribution in [0.1, 0.15) is 56.7 Å². The molecule has 3 aliphatic heterocycles. The van der Waals surface area contributed by atoms with Crippen LogP contribution >= 0.6 is 0 Å². The van der Waals surface area contributed by atoms with E-state index in [9.17, 15) is 18.8 Å². The number of rotatable bonds is 15. The van der Waals surface area contributed by atoms with Gasteiger partial charge in [-0.3, -0.25) is 14.4 Å². The molecule has 12 heterocycles. The number of nitrogen functional groups attached to an aromatic ring is 3. The molecule has 0 spiro atoms. The molecule has 27 nitrogen and oxygen atoms in total. The van der Waals surface area contributed by atoms with Gasteiger partial charge in [-0.25, -0.2) is 48.3 Å². The van der Waals surface area contributed by atoms with Crippen molar-refractivity contribution in [1.29, 1.82) is 0 Å². The average molecular weight is 1400 g/mol. The molecule has 3 aliphatic rings. The molecule has 3 aromatic carbocycles. The molecule has 3 amide bonds. The lowest BCUT2D eigenvalue weighted by Crippen LogP contribution is -2.40. The number of halogens is 4. The summed E-state index contributed by atoms with van der Waals surface area (Å²) in [5, 5.41) is 15.3. The Morgan fingerprint density at radius 1 is 0.417 bits per heavy atom. The van der Waals surface area contributed by atoms with Gasteiger partial charge in [-0.1, -0.05) is 68.3 Å². The molecule has 522 valence electrons. The van der Waals surface area contributed by atoms with Crippen molar-refractivity contribution < 1.29 is 46.2 Å². The molecule has 15 rings (SSSR count). The van der Waals surface area contributed by atoms with Crippen LogP contribution in [0.2, 0.25) is 0 Å². The van der Waals surface area contributed by atoms with Gasteiger partial charge in [0.25, 0.3) is 0 Å². The fourth-order valence-corrected chi connectivity index (χ4v) is 12.6. The largest absolute Gasteiger partial charge is 0.439 e. The molecule has 0 aliphatic carbocycles. The number of ether oxygens (including phenoxy) is 3. The standard InChI is InChI=1S/C24H21F2N7O2.2C24H22FN7O2/c1-2-19(34)32-11-5-6-14(12-32)33-24-20(23(27)28-13-29-24)21(31-33)15-9-10-18(30-22(15)26)35-17-8-4-3-7-16(17)25;2*1-2-19(33)31-12-6-7-15(13-31)32-24-20(23(26)27-14-28-24)21(30-32)17-10-11-18(29-22(17)25)34-16-8-4-3-5-9-16/h2-4,7-10,13-14H,1,5-6,11-12H2,(H2,27,28,29);2*2-5,8-11,14-15H,1,6-7,12-13H2,(H2,26,27,28)/t14-;2*15-/m110/s1. The normalized spacial score (nSPS) is 15.9. The predicted octanol–water partition coefficient (Wildman–Crippen LogP) is 11.4. The van der Waals surface area contributed by atoms with Crippen molar-refractivity contribution in [2.45, 2.75) is 56.7 Å². The number of nitrogens with two attached hydrogens (primary N) is 3. The number of hydrogen-bond acceptors (Lipinski definition) is 21. The first-order valence-electron chi connectivity index (χ1n) is 32.6. The first kappa shape index (κ1) is 68.4. The highest BCUT2D eigenvalue weighted by atomic mass is 19.1. The minimum absolute atomic E-state index is 0.0611. The molecule has 3 fully saturated rings. The summed E-state index contributed by atoms with van der Waals surface area (Å²) in [6, 6.07) is 32.4. The van der Waals surface area contributed by atoms with Crippen LogP contribution in [-0.4, -0.2) is 146 Å². The van der Waals surface area contributed by atoms with Crippen LogP contribution in [0.15, 0.2) is 178 Å². The molecule has 0 radical (unpaired) electrons. The Hall–Kier alpha value is -13.1. The van der Waals surface area contributed by atoms with E-state index in [0.29, 0.717) is 83.9 Å². The monoisotopic (exact) mass is 1400 g/mol. The summed E-state index contributed by atoms with van der Waals surface area (Å²) in [6.45, 7) is 13.9. The Kier molecular flexibility index (Phi) is 20.0. The maximum absolute atomic E-state index is 15.2. The zero-order chi connectivity index (χ0) is 71.8. The van der Waals surface area contributed by atoms with Gasteiger partial charge in [0.05, 0.1) is 51.0 Å². The number of benzene rings is 3. The summed E-state index contributed by atoms with van der Waals surface area (Å²) in [5.41, 5.74) is 21.0. The van der Waals surface area contributed by atoms with Gasteiger partial charge < -0.3 is 46.1 Å². The van der Waals surface area contributed by atoms with E-state index in [2.05, 4.69) is 79.9 Å². The van der Waals surface area contributed by atoms with Crippen molar-refractivity contribution in [3.05, 3.63) is 202 Å². The second-order valence-electron chi connectivity index (χ2n) is 23.9. The number of para-hydroxylation sites is 3. The minimum atomic E-state index is -0.874. The number of carbonyl (C=O) groups is 3. The Morgan fingerprint density at radius 3 is 1.06 bits per heavy atom. The number of likely N-dealkylation sites (tertiary alicyclic amines) is 3. The maximum Gasteiger partial charge on any atom is 0.246 e. The van der Waals surface area contributed by atoms with Crippen LogP contribution in [0.3, 0.4) is 0 Å². The van der Waals surface area contributed by atoms with Gasteiger partial charge in [0.1, 0.15) is 65.0 Å². The molecule has 3 atom stereocenters. The van der Waals surface area contributed by atoms with E-state index in [1.807, 2.05) is 36.4 Å². The minimum Gasteiger partial charge on any atom is -0.439 e. The van der Waals surface area contributed by atoms with E-state index in [-0.39, 0.29) is 110 Å². The number of hydrogen-bond donors (Lipinski definition) is 3. The quantitative estimate of drug-likeness (QED) is 0.0487. The summed E-state index contributed by atoms with van der Waals surface area (Å²) < 4.78 is 81.2. The third-order valence-corrected chi connectivity index (χ3v) is 17.5. The first-order chi connectivity index (χ1) is 50.0. The van der Waals surface area contributed by atoms with Crippen molar-refractivity contribution in [3.8, 4) is 68.7 Å². The number of anilines is 3. The second kappa shape index (κ2) is 30.2. The molecule has 103 heavy (non-hydrogen) atoms. The van der Waals surface area contributed by atoms with E-state index < -0.39 is 23.7 Å². The number of carbonyl (C=O) groups excluding carboxylic acids is 3. The number of fused-ring (bicyclic) bond motifs is 3. The maximum atomic E-state index is 15.2. The molecular weight excluding hydrogens is 1330 g/mol. The van der Waals surface area contributed by atoms with Crippen LogP contribution in [0.4, 0.5) is 35.0 Å². The highest BCUT2D eigenvalue weighted by Crippen LogP contribution is 2.40. The summed E-state index contributed by atoms with van der Waals surface area (Å²) >= 11 is 0. The van der Waals surface area contributed by atoms with Gasteiger partial charge in [0.15, 0.2) is 28.5 Å². The van der Waals surface area contributed by atoms with E-state index in [1.54, 1.807) is 83.3 Å². The summed E-state index contributed by atoms with van der Waals surface area (Å²) in [4.78, 5) is 78.7. The van der Waals surface area contributed by atoms with Crippen molar-refractivity contribution in [2.75, 3.05) is 56.5 Å². The van der Waals surface area contributed by atoms with Crippen molar-refractivity contribution in [3.63, 3.8) is 0 Å². The van der Waals surface area contributed by atoms with Crippen LogP contribution in [0.25, 0.3) is 66.9 Å². The molecule has 12 aromatic rings. The van der Waals surface area contributed by atoms with Gasteiger partial charge in [-0.05, 0) is 111 Å². The number of aromatic nitrogens is 15. The van der Waals surface area contributed by atoms with Gasteiger partial charge in [-0.2, -0.15) is 43.4 Å². The Balaban J connectivity index is 0.000000138. The lowest BCUT2D eigenvalue weighted by Gasteiger charge is -2.32. The van der Waals surface area contributed by atoms with Crippen LogP contribution in [0.5, 0.6) is 34.9 Å². The number of pyridine rings is 3. The Morgan fingerprint density at radius 2 is 0.738 bits per heavy atom. The predicted molar refractivity (Wildman–Crippen MR) is 373 cm³/mol. The van der Waals surface area contributed by atoms with Crippen molar-refractivity contribution in [2.24, 2.45) is 0 Å². The van der Waals surface area contributed by atoms with Gasteiger partial charge in [-0.15, -0.1) is 0 Å². The molecule has 0 unspecified atom stereocenters. The lowest BCUT2D eigenvalue weighted by molar-refractivity contribution is -0.128. The zero-order valence-corrected chi connectivity index (χ0v) is 55.1. The number of nitrogens with zero attached hydrogens (tertiary/aromatic N) is 18. The number of piperidine rings is 3. The van der Waals surface area contributed by atoms with Crippen LogP contribution in [0, 0.1) is 23.7 Å². The molecular formula is C72H65F4N21O6. The smallest absolute Gasteiger partial charge is 0.246 e. The highest BCUT2D eigenvalue weighted by molar-refractivity contribution is 6.00. The third kappa shape index (κ3) is 14.5. The Labute approximate surface area is 584 Å². The van der Waals surface area contributed by atoms with Crippen molar-refractivity contribution in [1.82, 2.24) is 88.9 Å². The van der Waals surface area contributed by atoms with E-state index in [4.69, 9.17) is 31.4 Å². The van der Waals surface area contributed by atoms with Crippen LogP contribution in [-0.2, 0) is 14.4 Å². The summed E-state index contributed by atoms with van der Waals surface area (Å²) in [7, 11) is 0. The molecule has 6 N–H and O–H groups in total. The molecule has 0 saturated carbocycles. The van der Waals surface area contributed by atoms with Crippen molar-refractivity contribution >= 4 is 68.3 Å². The molecule has 9 aromatic heterocycles. The van der Waals surface area contributed by atoms with Gasteiger partial charge in [0.2, 0.25) is 53.2 Å². The second-order valence-corrected chi connectivity index (χ2v) is 23.9. The van der Waals surface area contributed by atoms with E-state index in [0.717, 1.165) is 38.5 Å². The molecule has 31 heteroatoms. The highest BCUT2D eigenvalue weighted by Gasteiger charge is 2.33. The summed E-state index contributed by atoms with van der Waals surface area (Å²) in [5.74, 6) is -1.77. The summed E-state index contributed by atoms with van der Waals surface area (Å²) in [6.07, 6.45) is 12.6. The SMILES string of the molecule is C=CC(=O)N1CCC[C@@H](n2nc(-c3ccc(Oc4ccccc4)nc3F)c3c(N)ncnc32)C1.C=CC(=O)N1CCC[C@@H](n2nc(-c3ccc(Oc4ccccc4F)nc3F)c3c(N)ncnc32)C1.C=CC(=O)N1CCC[C@H](n2nc(-c3ccc(Oc4ccccc4)nc3F)c3c(N)ncnc32)C1. The third-order valence-electron chi connectivity index (χ3n) is 17.5. The lowest BCUT2D eigenvalue weighted by atomic mass is 10.1.